The molecule has 2 rings (SSSR count). The highest BCUT2D eigenvalue weighted by molar-refractivity contribution is 9.10. The van der Waals surface area contributed by atoms with Crippen LogP contribution in [0, 0.1) is 0 Å². The molecule has 0 amide bonds. The third-order valence-corrected chi connectivity index (χ3v) is 8.57. The molecular formula is C12H8Br2O4S2. The average molecular weight is 440 g/mol. The minimum absolute atomic E-state index is 0.271. The van der Waals surface area contributed by atoms with Gasteiger partial charge in [-0.3, -0.25) is 0 Å². The van der Waals surface area contributed by atoms with E-state index in [1.807, 2.05) is 0 Å². The monoisotopic (exact) mass is 438 g/mol. The molecule has 20 heavy (non-hydrogen) atoms. The first-order chi connectivity index (χ1) is 9.25. The molecule has 106 valence electrons. The molecule has 0 fully saturated rings. The van der Waals surface area contributed by atoms with E-state index in [0.29, 0.717) is 8.95 Å². The Morgan fingerprint density at radius 3 is 1.30 bits per heavy atom. The first kappa shape index (κ1) is 15.7. The van der Waals surface area contributed by atoms with Gasteiger partial charge >= 0.3 is 0 Å². The molecule has 0 saturated heterocycles. The Kier molecular flexibility index (Phi) is 4.38. The van der Waals surface area contributed by atoms with Gasteiger partial charge in [-0.05, 0) is 36.4 Å². The van der Waals surface area contributed by atoms with E-state index in [0.717, 1.165) is 0 Å². The van der Waals surface area contributed by atoms with Crippen molar-refractivity contribution in [2.75, 3.05) is 0 Å². The lowest BCUT2D eigenvalue weighted by atomic mass is 10.4. The summed E-state index contributed by atoms with van der Waals surface area (Å²) >= 11 is 6.24. The molecule has 0 N–H and O–H groups in total. The Hall–Kier alpha value is -0.700. The van der Waals surface area contributed by atoms with Gasteiger partial charge in [0.05, 0.1) is 9.79 Å². The average Bonchev–Trinajstić information content (AvgIpc) is 2.38. The van der Waals surface area contributed by atoms with Gasteiger partial charge in [-0.25, -0.2) is 16.8 Å². The summed E-state index contributed by atoms with van der Waals surface area (Å²) in [6.07, 6.45) is 0. The number of rotatable bonds is 3. The molecule has 2 aromatic carbocycles. The van der Waals surface area contributed by atoms with E-state index in [-0.39, 0.29) is 9.79 Å². The summed E-state index contributed by atoms with van der Waals surface area (Å²) in [5.74, 6) is 0. The molecule has 0 spiro atoms. The van der Waals surface area contributed by atoms with Crippen molar-refractivity contribution in [3.8, 4) is 0 Å². The molecule has 0 unspecified atom stereocenters. The van der Waals surface area contributed by atoms with Crippen LogP contribution in [-0.2, 0) is 17.7 Å². The van der Waals surface area contributed by atoms with Crippen molar-refractivity contribution in [3.05, 3.63) is 57.5 Å². The Morgan fingerprint density at radius 2 is 1.00 bits per heavy atom. The molecule has 4 nitrogen and oxygen atoms in total. The van der Waals surface area contributed by atoms with Crippen molar-refractivity contribution in [2.45, 2.75) is 9.79 Å². The molecule has 0 aliphatic heterocycles. The maximum atomic E-state index is 12.3. The lowest BCUT2D eigenvalue weighted by Gasteiger charge is -2.07. The van der Waals surface area contributed by atoms with Crippen molar-refractivity contribution >= 4 is 49.6 Å². The van der Waals surface area contributed by atoms with Crippen molar-refractivity contribution in [3.63, 3.8) is 0 Å². The molecule has 0 aliphatic rings. The predicted molar refractivity (Wildman–Crippen MR) is 82.7 cm³/mol. The van der Waals surface area contributed by atoms with Crippen LogP contribution in [-0.4, -0.2) is 16.8 Å². The van der Waals surface area contributed by atoms with Gasteiger partial charge in [-0.2, -0.15) is 0 Å². The first-order valence-electron chi connectivity index (χ1n) is 5.26. The largest absolute Gasteiger partial charge is 0.286 e. The number of hydrogen-bond acceptors (Lipinski definition) is 4. The van der Waals surface area contributed by atoms with Crippen LogP contribution in [0.25, 0.3) is 0 Å². The van der Waals surface area contributed by atoms with E-state index in [9.17, 15) is 16.8 Å². The molecular weight excluding hydrogens is 432 g/mol. The molecule has 0 atom stereocenters. The summed E-state index contributed by atoms with van der Waals surface area (Å²) in [6, 6.07) is 11.2. The molecule has 0 aliphatic carbocycles. The zero-order valence-corrected chi connectivity index (χ0v) is 14.6. The van der Waals surface area contributed by atoms with Crippen LogP contribution in [0.2, 0.25) is 0 Å². The van der Waals surface area contributed by atoms with Gasteiger partial charge in [0.25, 0.3) is 17.7 Å². The third-order valence-electron chi connectivity index (χ3n) is 2.46. The van der Waals surface area contributed by atoms with E-state index >= 15 is 0 Å². The van der Waals surface area contributed by atoms with Gasteiger partial charge in [-0.1, -0.05) is 44.0 Å². The molecule has 0 saturated carbocycles. The highest BCUT2D eigenvalue weighted by Crippen LogP contribution is 2.27. The summed E-state index contributed by atoms with van der Waals surface area (Å²) in [5.41, 5.74) is 0. The molecule has 8 heteroatoms. The molecule has 0 bridgehead atoms. The molecule has 2 aromatic rings. The SMILES string of the molecule is O=S(=O)(c1cccc(Br)c1)S(=O)(=O)c1cccc(Br)c1. The van der Waals surface area contributed by atoms with Crippen molar-refractivity contribution in [2.24, 2.45) is 0 Å². The maximum Gasteiger partial charge on any atom is 0.286 e. The van der Waals surface area contributed by atoms with Gasteiger partial charge in [-0.15, -0.1) is 0 Å². The Balaban J connectivity index is 2.65. The van der Waals surface area contributed by atoms with Crippen LogP contribution in [0.5, 0.6) is 0 Å². The zero-order valence-electron chi connectivity index (χ0n) is 9.82. The van der Waals surface area contributed by atoms with Crippen molar-refractivity contribution in [1.29, 1.82) is 0 Å². The second-order valence-electron chi connectivity index (χ2n) is 3.82. The fraction of sp³-hybridized carbons (Fsp3) is 0. The third kappa shape index (κ3) is 2.83. The first-order valence-corrected chi connectivity index (χ1v) is 10.3. The quantitative estimate of drug-likeness (QED) is 0.687. The smallest absolute Gasteiger partial charge is 0.207 e. The minimum atomic E-state index is -4.51. The van der Waals surface area contributed by atoms with E-state index in [1.54, 1.807) is 12.1 Å². The predicted octanol–water partition coefficient (Wildman–Crippen LogP) is 3.37. The van der Waals surface area contributed by atoms with Gasteiger partial charge < -0.3 is 0 Å². The van der Waals surface area contributed by atoms with Crippen molar-refractivity contribution < 1.29 is 16.8 Å². The normalized spacial score (nSPS) is 12.3. The van der Waals surface area contributed by atoms with Gasteiger partial charge in [0.2, 0.25) is 0 Å². The zero-order chi connectivity index (χ0) is 15.0. The summed E-state index contributed by atoms with van der Waals surface area (Å²) in [5, 5.41) is 0. The molecule has 0 aromatic heterocycles. The topological polar surface area (TPSA) is 68.3 Å². The summed E-state index contributed by atoms with van der Waals surface area (Å²) in [7, 11) is -9.02. The Bertz CT molecular complexity index is 785. The van der Waals surface area contributed by atoms with Crippen LogP contribution in [0.4, 0.5) is 0 Å². The summed E-state index contributed by atoms with van der Waals surface area (Å²) in [6.45, 7) is 0. The van der Waals surface area contributed by atoms with E-state index in [4.69, 9.17) is 0 Å². The highest BCUT2D eigenvalue weighted by atomic mass is 79.9. The van der Waals surface area contributed by atoms with Gasteiger partial charge in [0, 0.05) is 8.95 Å². The van der Waals surface area contributed by atoms with Crippen LogP contribution in [0.3, 0.4) is 0 Å². The Morgan fingerprint density at radius 1 is 0.650 bits per heavy atom. The van der Waals surface area contributed by atoms with E-state index < -0.39 is 17.7 Å². The fourth-order valence-electron chi connectivity index (χ4n) is 1.50. The molecule has 0 radical (unpaired) electrons. The minimum Gasteiger partial charge on any atom is -0.207 e. The second kappa shape index (κ2) is 5.59. The van der Waals surface area contributed by atoms with Crippen molar-refractivity contribution in [1.82, 2.24) is 0 Å². The van der Waals surface area contributed by atoms with Gasteiger partial charge in [0.15, 0.2) is 0 Å². The van der Waals surface area contributed by atoms with Crippen LogP contribution in [0.15, 0.2) is 67.3 Å². The standard InChI is InChI=1S/C12H8Br2O4S2/c13-9-3-1-5-11(7-9)19(15,16)20(17,18)12-6-2-4-10(14)8-12/h1-8H. The number of halogens is 2. The highest BCUT2D eigenvalue weighted by Gasteiger charge is 2.33. The summed E-state index contributed by atoms with van der Waals surface area (Å²) < 4.78 is 50.2. The van der Waals surface area contributed by atoms with E-state index in [2.05, 4.69) is 31.9 Å². The van der Waals surface area contributed by atoms with Gasteiger partial charge in [0.1, 0.15) is 0 Å². The number of benzene rings is 2. The van der Waals surface area contributed by atoms with E-state index in [1.165, 1.54) is 36.4 Å². The lowest BCUT2D eigenvalue weighted by molar-refractivity contribution is 0.582. The summed E-state index contributed by atoms with van der Waals surface area (Å²) in [4.78, 5) is -0.543. The van der Waals surface area contributed by atoms with Crippen LogP contribution < -0.4 is 0 Å². The number of hydrogen-bond donors (Lipinski definition) is 0. The Labute approximate surface area is 133 Å². The maximum absolute atomic E-state index is 12.3. The second-order valence-corrected chi connectivity index (χ2v) is 11.0. The van der Waals surface area contributed by atoms with Crippen LogP contribution in [0.1, 0.15) is 0 Å². The fourth-order valence-corrected chi connectivity index (χ4v) is 6.28. The molecule has 0 heterocycles. The van der Waals surface area contributed by atoms with Crippen LogP contribution >= 0.6 is 31.9 Å². The lowest BCUT2D eigenvalue weighted by Crippen LogP contribution is -2.16.